The summed E-state index contributed by atoms with van der Waals surface area (Å²) in [6.07, 6.45) is 4.93. The summed E-state index contributed by atoms with van der Waals surface area (Å²) in [5, 5.41) is 3.53. The molecule has 1 aliphatic rings. The van der Waals surface area contributed by atoms with Crippen LogP contribution in [-0.4, -0.2) is 19.3 Å². The first-order valence-electron chi connectivity index (χ1n) is 6.90. The van der Waals surface area contributed by atoms with E-state index in [9.17, 15) is 4.39 Å². The Morgan fingerprint density at radius 1 is 1.33 bits per heavy atom. The zero-order valence-electron chi connectivity index (χ0n) is 11.0. The molecule has 1 saturated heterocycles. The Balaban J connectivity index is 1.86. The van der Waals surface area contributed by atoms with Crippen molar-refractivity contribution in [3.05, 3.63) is 35.6 Å². The first-order chi connectivity index (χ1) is 8.79. The highest BCUT2D eigenvalue weighted by atomic mass is 19.1. The van der Waals surface area contributed by atoms with Gasteiger partial charge in [0.15, 0.2) is 0 Å². The highest BCUT2D eigenvalue weighted by Gasteiger charge is 2.16. The van der Waals surface area contributed by atoms with Crippen molar-refractivity contribution in [2.75, 3.05) is 13.2 Å². The van der Waals surface area contributed by atoms with Crippen molar-refractivity contribution < 1.29 is 9.13 Å². The number of nitrogens with one attached hydrogen (secondary N) is 1. The summed E-state index contributed by atoms with van der Waals surface area (Å²) in [5.74, 6) is -0.177. The second-order valence-electron chi connectivity index (χ2n) is 4.91. The van der Waals surface area contributed by atoms with E-state index in [0.29, 0.717) is 6.10 Å². The van der Waals surface area contributed by atoms with Crippen LogP contribution >= 0.6 is 0 Å². The van der Waals surface area contributed by atoms with Gasteiger partial charge in [-0.3, -0.25) is 0 Å². The first-order valence-corrected chi connectivity index (χ1v) is 6.90. The summed E-state index contributed by atoms with van der Waals surface area (Å²) in [7, 11) is 0. The number of halogens is 1. The summed E-state index contributed by atoms with van der Waals surface area (Å²) in [6, 6.07) is 7.06. The number of benzene rings is 1. The molecule has 0 saturated carbocycles. The molecule has 2 unspecified atom stereocenters. The summed E-state index contributed by atoms with van der Waals surface area (Å²) in [4.78, 5) is 0. The summed E-state index contributed by atoms with van der Waals surface area (Å²) in [6.45, 7) is 3.92. The molecule has 1 heterocycles. The molecule has 2 atom stereocenters. The van der Waals surface area contributed by atoms with E-state index in [0.717, 1.165) is 31.6 Å². The SMILES string of the molecule is CCC(NCC1CCCCO1)c1ccc(F)cc1. The van der Waals surface area contributed by atoms with Gasteiger partial charge in [-0.25, -0.2) is 4.39 Å². The maximum Gasteiger partial charge on any atom is 0.123 e. The van der Waals surface area contributed by atoms with Crippen LogP contribution in [0.15, 0.2) is 24.3 Å². The van der Waals surface area contributed by atoms with Crippen LogP contribution < -0.4 is 5.32 Å². The van der Waals surface area contributed by atoms with Gasteiger partial charge in [-0.2, -0.15) is 0 Å². The zero-order chi connectivity index (χ0) is 12.8. The van der Waals surface area contributed by atoms with Crippen molar-refractivity contribution in [3.8, 4) is 0 Å². The third-order valence-electron chi connectivity index (χ3n) is 3.55. The standard InChI is InChI=1S/C15H22FNO/c1-2-15(12-6-8-13(16)9-7-12)17-11-14-5-3-4-10-18-14/h6-9,14-15,17H,2-5,10-11H2,1H3. The van der Waals surface area contributed by atoms with E-state index in [1.54, 1.807) is 0 Å². The Bertz CT molecular complexity index is 346. The van der Waals surface area contributed by atoms with E-state index in [-0.39, 0.29) is 11.9 Å². The average Bonchev–Trinajstić information content (AvgIpc) is 2.42. The average molecular weight is 251 g/mol. The smallest absolute Gasteiger partial charge is 0.123 e. The molecule has 1 aliphatic heterocycles. The Hall–Kier alpha value is -0.930. The molecule has 0 amide bonds. The van der Waals surface area contributed by atoms with Crippen molar-refractivity contribution in [1.82, 2.24) is 5.32 Å². The summed E-state index contributed by atoms with van der Waals surface area (Å²) >= 11 is 0. The van der Waals surface area contributed by atoms with Crippen molar-refractivity contribution in [1.29, 1.82) is 0 Å². The quantitative estimate of drug-likeness (QED) is 0.865. The van der Waals surface area contributed by atoms with E-state index in [2.05, 4.69) is 12.2 Å². The molecule has 1 fully saturated rings. The minimum absolute atomic E-state index is 0.177. The van der Waals surface area contributed by atoms with Gasteiger partial charge in [-0.15, -0.1) is 0 Å². The monoisotopic (exact) mass is 251 g/mol. The van der Waals surface area contributed by atoms with Gasteiger partial charge in [0.05, 0.1) is 6.10 Å². The Labute approximate surface area is 109 Å². The third-order valence-corrected chi connectivity index (χ3v) is 3.55. The van der Waals surface area contributed by atoms with Gasteiger partial charge in [-0.1, -0.05) is 19.1 Å². The van der Waals surface area contributed by atoms with Crippen molar-refractivity contribution in [2.24, 2.45) is 0 Å². The van der Waals surface area contributed by atoms with Crippen LogP contribution in [0, 0.1) is 5.82 Å². The van der Waals surface area contributed by atoms with Gasteiger partial charge < -0.3 is 10.1 Å². The van der Waals surface area contributed by atoms with Crippen LogP contribution in [0.1, 0.15) is 44.2 Å². The topological polar surface area (TPSA) is 21.3 Å². The Kier molecular flexibility index (Phi) is 5.14. The largest absolute Gasteiger partial charge is 0.377 e. The Morgan fingerprint density at radius 3 is 2.72 bits per heavy atom. The molecule has 0 radical (unpaired) electrons. The molecule has 1 aromatic carbocycles. The van der Waals surface area contributed by atoms with E-state index < -0.39 is 0 Å². The van der Waals surface area contributed by atoms with Gasteiger partial charge in [0.2, 0.25) is 0 Å². The fourth-order valence-electron chi connectivity index (χ4n) is 2.44. The molecule has 100 valence electrons. The van der Waals surface area contributed by atoms with Crippen LogP contribution in [0.25, 0.3) is 0 Å². The molecule has 1 aromatic rings. The fraction of sp³-hybridized carbons (Fsp3) is 0.600. The molecule has 0 spiro atoms. The molecule has 18 heavy (non-hydrogen) atoms. The lowest BCUT2D eigenvalue weighted by atomic mass is 10.0. The lowest BCUT2D eigenvalue weighted by molar-refractivity contribution is 0.0152. The number of rotatable bonds is 5. The van der Waals surface area contributed by atoms with Crippen LogP contribution in [-0.2, 0) is 4.74 Å². The number of ether oxygens (including phenoxy) is 1. The van der Waals surface area contributed by atoms with E-state index >= 15 is 0 Å². The maximum absolute atomic E-state index is 12.9. The molecule has 2 rings (SSSR count). The zero-order valence-corrected chi connectivity index (χ0v) is 11.0. The summed E-state index contributed by atoms with van der Waals surface area (Å²) < 4.78 is 18.6. The van der Waals surface area contributed by atoms with Gasteiger partial charge in [0.1, 0.15) is 5.82 Å². The van der Waals surface area contributed by atoms with Crippen molar-refractivity contribution in [2.45, 2.75) is 44.8 Å². The lowest BCUT2D eigenvalue weighted by Crippen LogP contribution is -2.34. The first kappa shape index (κ1) is 13.5. The van der Waals surface area contributed by atoms with Crippen LogP contribution in [0.2, 0.25) is 0 Å². The minimum Gasteiger partial charge on any atom is -0.377 e. The molecular formula is C15H22FNO. The molecule has 2 nitrogen and oxygen atoms in total. The van der Waals surface area contributed by atoms with Gasteiger partial charge in [-0.05, 0) is 43.4 Å². The normalized spacial score (nSPS) is 21.8. The maximum atomic E-state index is 12.9. The van der Waals surface area contributed by atoms with Gasteiger partial charge >= 0.3 is 0 Å². The van der Waals surface area contributed by atoms with Crippen molar-refractivity contribution in [3.63, 3.8) is 0 Å². The van der Waals surface area contributed by atoms with Crippen LogP contribution in [0.3, 0.4) is 0 Å². The van der Waals surface area contributed by atoms with Crippen LogP contribution in [0.4, 0.5) is 4.39 Å². The minimum atomic E-state index is -0.177. The lowest BCUT2D eigenvalue weighted by Gasteiger charge is -2.26. The second-order valence-corrected chi connectivity index (χ2v) is 4.91. The Morgan fingerprint density at radius 2 is 2.11 bits per heavy atom. The molecule has 0 aromatic heterocycles. The van der Waals surface area contributed by atoms with E-state index in [4.69, 9.17) is 4.74 Å². The second kappa shape index (κ2) is 6.86. The summed E-state index contributed by atoms with van der Waals surface area (Å²) in [5.41, 5.74) is 1.15. The molecule has 0 bridgehead atoms. The number of hydrogen-bond acceptors (Lipinski definition) is 2. The molecular weight excluding hydrogens is 229 g/mol. The fourth-order valence-corrected chi connectivity index (χ4v) is 2.44. The number of hydrogen-bond donors (Lipinski definition) is 1. The van der Waals surface area contributed by atoms with Crippen LogP contribution in [0.5, 0.6) is 0 Å². The van der Waals surface area contributed by atoms with Gasteiger partial charge in [0, 0.05) is 19.2 Å². The highest BCUT2D eigenvalue weighted by Crippen LogP contribution is 2.18. The molecule has 1 N–H and O–H groups in total. The predicted molar refractivity (Wildman–Crippen MR) is 71.0 cm³/mol. The molecule has 0 aliphatic carbocycles. The van der Waals surface area contributed by atoms with E-state index in [1.165, 1.54) is 25.0 Å². The third kappa shape index (κ3) is 3.79. The highest BCUT2D eigenvalue weighted by molar-refractivity contribution is 5.19. The van der Waals surface area contributed by atoms with Gasteiger partial charge in [0.25, 0.3) is 0 Å². The van der Waals surface area contributed by atoms with Crippen molar-refractivity contribution >= 4 is 0 Å². The predicted octanol–water partition coefficient (Wildman–Crippen LogP) is 3.44. The van der Waals surface area contributed by atoms with E-state index in [1.807, 2.05) is 12.1 Å². The molecule has 3 heteroatoms.